The molecule has 1 aromatic rings. The van der Waals surface area contributed by atoms with Crippen LogP contribution in [-0.4, -0.2) is 51.4 Å². The standard InChI is InChI=1S/C18H28N4O3S/c1-3-4-10-20-17(23)15-7-5-14(6-8-15)12-21-18(19-2)22-16-9-11-26(24,25)13-16/h5-8,16H,3-4,9-13H2,1-2H3,(H,20,23)(H2,19,21,22). The van der Waals surface area contributed by atoms with E-state index in [2.05, 4.69) is 27.9 Å². The average Bonchev–Trinajstić information content (AvgIpc) is 2.97. The van der Waals surface area contributed by atoms with Crippen molar-refractivity contribution in [2.75, 3.05) is 25.1 Å². The second-order valence-corrected chi connectivity index (χ2v) is 8.71. The maximum atomic E-state index is 12.0. The third-order valence-electron chi connectivity index (χ3n) is 4.29. The van der Waals surface area contributed by atoms with E-state index in [-0.39, 0.29) is 23.5 Å². The number of benzene rings is 1. The van der Waals surface area contributed by atoms with E-state index < -0.39 is 9.84 Å². The molecule has 7 nitrogen and oxygen atoms in total. The highest BCUT2D eigenvalue weighted by atomic mass is 32.2. The van der Waals surface area contributed by atoms with Crippen molar-refractivity contribution in [1.82, 2.24) is 16.0 Å². The minimum Gasteiger partial charge on any atom is -0.353 e. The summed E-state index contributed by atoms with van der Waals surface area (Å²) in [5, 5.41) is 9.21. The van der Waals surface area contributed by atoms with Gasteiger partial charge in [0.05, 0.1) is 11.5 Å². The lowest BCUT2D eigenvalue weighted by Gasteiger charge is -2.16. The van der Waals surface area contributed by atoms with Gasteiger partial charge in [0, 0.05) is 31.7 Å². The molecule has 144 valence electrons. The Morgan fingerprint density at radius 1 is 1.23 bits per heavy atom. The Bertz CT molecular complexity index is 729. The number of sulfone groups is 1. The van der Waals surface area contributed by atoms with Crippen LogP contribution in [0.25, 0.3) is 0 Å². The number of nitrogens with one attached hydrogen (secondary N) is 3. The van der Waals surface area contributed by atoms with Gasteiger partial charge in [0.25, 0.3) is 5.91 Å². The Morgan fingerprint density at radius 3 is 2.54 bits per heavy atom. The number of amides is 1. The van der Waals surface area contributed by atoms with Gasteiger partial charge in [-0.15, -0.1) is 0 Å². The molecule has 2 rings (SSSR count). The van der Waals surface area contributed by atoms with Gasteiger partial charge in [-0.1, -0.05) is 25.5 Å². The number of nitrogens with zero attached hydrogens (tertiary/aromatic N) is 1. The molecule has 0 aliphatic carbocycles. The average molecular weight is 381 g/mol. The van der Waals surface area contributed by atoms with E-state index in [4.69, 9.17) is 0 Å². The lowest BCUT2D eigenvalue weighted by Crippen LogP contribution is -2.43. The predicted octanol–water partition coefficient (Wildman–Crippen LogP) is 1.07. The van der Waals surface area contributed by atoms with Crippen molar-refractivity contribution in [2.24, 2.45) is 4.99 Å². The third-order valence-corrected chi connectivity index (χ3v) is 6.06. The number of unbranched alkanes of at least 4 members (excludes halogenated alkanes) is 1. The highest BCUT2D eigenvalue weighted by Crippen LogP contribution is 2.11. The number of rotatable bonds is 7. The topological polar surface area (TPSA) is 99.7 Å². The second kappa shape index (κ2) is 9.56. The van der Waals surface area contributed by atoms with Crippen LogP contribution in [0.3, 0.4) is 0 Å². The van der Waals surface area contributed by atoms with Crippen molar-refractivity contribution in [3.63, 3.8) is 0 Å². The summed E-state index contributed by atoms with van der Waals surface area (Å²) >= 11 is 0. The minimum atomic E-state index is -2.92. The maximum Gasteiger partial charge on any atom is 0.251 e. The number of aliphatic imine (C=N–C) groups is 1. The summed E-state index contributed by atoms with van der Waals surface area (Å²) in [7, 11) is -1.27. The summed E-state index contributed by atoms with van der Waals surface area (Å²) in [5.74, 6) is 0.894. The van der Waals surface area contributed by atoms with E-state index in [9.17, 15) is 13.2 Å². The van der Waals surface area contributed by atoms with Crippen LogP contribution < -0.4 is 16.0 Å². The van der Waals surface area contributed by atoms with E-state index in [0.717, 1.165) is 18.4 Å². The van der Waals surface area contributed by atoms with E-state index in [0.29, 0.717) is 31.0 Å². The normalized spacial score (nSPS) is 19.2. The molecular formula is C18H28N4O3S. The van der Waals surface area contributed by atoms with Crippen molar-refractivity contribution in [2.45, 2.75) is 38.8 Å². The first-order valence-corrected chi connectivity index (χ1v) is 10.8. The van der Waals surface area contributed by atoms with Crippen molar-refractivity contribution in [3.05, 3.63) is 35.4 Å². The first kappa shape index (κ1) is 20.2. The van der Waals surface area contributed by atoms with E-state index in [1.54, 1.807) is 19.2 Å². The van der Waals surface area contributed by atoms with Gasteiger partial charge in [-0.3, -0.25) is 9.79 Å². The van der Waals surface area contributed by atoms with Crippen LogP contribution in [0.1, 0.15) is 42.1 Å². The van der Waals surface area contributed by atoms with Gasteiger partial charge in [0.15, 0.2) is 15.8 Å². The van der Waals surface area contributed by atoms with Gasteiger partial charge in [-0.2, -0.15) is 0 Å². The SMILES string of the molecule is CCCCNC(=O)c1ccc(CNC(=NC)NC2CCS(=O)(=O)C2)cc1. The van der Waals surface area contributed by atoms with Gasteiger partial charge in [0.1, 0.15) is 0 Å². The Balaban J connectivity index is 1.81. The van der Waals surface area contributed by atoms with Crippen LogP contribution >= 0.6 is 0 Å². The Morgan fingerprint density at radius 2 is 1.96 bits per heavy atom. The van der Waals surface area contributed by atoms with Gasteiger partial charge < -0.3 is 16.0 Å². The molecule has 1 saturated heterocycles. The lowest BCUT2D eigenvalue weighted by atomic mass is 10.1. The molecule has 3 N–H and O–H groups in total. The summed E-state index contributed by atoms with van der Waals surface area (Å²) in [6.45, 7) is 3.32. The van der Waals surface area contributed by atoms with E-state index in [1.807, 2.05) is 12.1 Å². The van der Waals surface area contributed by atoms with Crippen LogP contribution in [0.2, 0.25) is 0 Å². The molecule has 26 heavy (non-hydrogen) atoms. The zero-order valence-electron chi connectivity index (χ0n) is 15.4. The minimum absolute atomic E-state index is 0.0575. The number of carbonyl (C=O) groups excluding carboxylic acids is 1. The molecule has 1 unspecified atom stereocenters. The molecule has 1 aromatic carbocycles. The molecule has 1 atom stereocenters. The van der Waals surface area contributed by atoms with Gasteiger partial charge >= 0.3 is 0 Å². The Hall–Kier alpha value is -2.09. The Labute approximate surface area is 155 Å². The first-order chi connectivity index (χ1) is 12.4. The maximum absolute atomic E-state index is 12.0. The van der Waals surface area contributed by atoms with Crippen LogP contribution in [0.15, 0.2) is 29.3 Å². The summed E-state index contributed by atoms with van der Waals surface area (Å²) < 4.78 is 23.1. The monoisotopic (exact) mass is 380 g/mol. The number of carbonyl (C=O) groups is 1. The smallest absolute Gasteiger partial charge is 0.251 e. The molecule has 1 aliphatic heterocycles. The van der Waals surface area contributed by atoms with Gasteiger partial charge in [0.2, 0.25) is 0 Å². The molecule has 0 spiro atoms. The molecule has 0 radical (unpaired) electrons. The third kappa shape index (κ3) is 6.33. The van der Waals surface area contributed by atoms with Crippen molar-refractivity contribution in [1.29, 1.82) is 0 Å². The van der Waals surface area contributed by atoms with Crippen LogP contribution in [0.5, 0.6) is 0 Å². The fourth-order valence-corrected chi connectivity index (χ4v) is 4.41. The highest BCUT2D eigenvalue weighted by Gasteiger charge is 2.28. The van der Waals surface area contributed by atoms with Crippen molar-refractivity contribution >= 4 is 21.7 Å². The second-order valence-electron chi connectivity index (χ2n) is 6.48. The summed E-state index contributed by atoms with van der Waals surface area (Å²) in [6, 6.07) is 7.31. The van der Waals surface area contributed by atoms with Crippen LogP contribution in [-0.2, 0) is 16.4 Å². The van der Waals surface area contributed by atoms with Crippen molar-refractivity contribution < 1.29 is 13.2 Å². The number of guanidine groups is 1. The fourth-order valence-electron chi connectivity index (χ4n) is 2.74. The number of hydrogen-bond donors (Lipinski definition) is 3. The molecule has 8 heteroatoms. The molecule has 1 amide bonds. The Kier molecular flexibility index (Phi) is 7.44. The van der Waals surface area contributed by atoms with Gasteiger partial charge in [-0.05, 0) is 30.5 Å². The molecule has 1 fully saturated rings. The molecule has 0 saturated carbocycles. The van der Waals surface area contributed by atoms with Crippen LogP contribution in [0.4, 0.5) is 0 Å². The molecular weight excluding hydrogens is 352 g/mol. The predicted molar refractivity (Wildman–Crippen MR) is 104 cm³/mol. The lowest BCUT2D eigenvalue weighted by molar-refractivity contribution is 0.0953. The molecule has 0 bridgehead atoms. The largest absolute Gasteiger partial charge is 0.353 e. The van der Waals surface area contributed by atoms with E-state index >= 15 is 0 Å². The zero-order valence-corrected chi connectivity index (χ0v) is 16.2. The molecule has 0 aromatic heterocycles. The van der Waals surface area contributed by atoms with Crippen molar-refractivity contribution in [3.8, 4) is 0 Å². The van der Waals surface area contributed by atoms with Gasteiger partial charge in [-0.25, -0.2) is 8.42 Å². The highest BCUT2D eigenvalue weighted by molar-refractivity contribution is 7.91. The summed E-state index contributed by atoms with van der Waals surface area (Å²) in [5.41, 5.74) is 1.65. The van der Waals surface area contributed by atoms with E-state index in [1.165, 1.54) is 0 Å². The summed E-state index contributed by atoms with van der Waals surface area (Å²) in [4.78, 5) is 16.1. The first-order valence-electron chi connectivity index (χ1n) is 8.98. The summed E-state index contributed by atoms with van der Waals surface area (Å²) in [6.07, 6.45) is 2.63. The quantitative estimate of drug-likeness (QED) is 0.373. The fraction of sp³-hybridized carbons (Fsp3) is 0.556. The number of hydrogen-bond acceptors (Lipinski definition) is 4. The molecule has 1 heterocycles. The molecule has 1 aliphatic rings. The zero-order chi connectivity index (χ0) is 19.0. The van der Waals surface area contributed by atoms with Crippen LogP contribution in [0, 0.1) is 0 Å².